The van der Waals surface area contributed by atoms with E-state index in [1.165, 1.54) is 24.8 Å². The van der Waals surface area contributed by atoms with E-state index in [1.54, 1.807) is 0 Å². The summed E-state index contributed by atoms with van der Waals surface area (Å²) in [4.78, 5) is 0. The summed E-state index contributed by atoms with van der Waals surface area (Å²) in [5, 5.41) is 4.94. The Hall–Kier alpha value is -0.240. The van der Waals surface area contributed by atoms with Crippen molar-refractivity contribution in [3.05, 3.63) is 33.8 Å². The summed E-state index contributed by atoms with van der Waals surface area (Å²) in [6.45, 7) is 2.19. The van der Waals surface area contributed by atoms with Crippen LogP contribution in [-0.4, -0.2) is 6.04 Å². The minimum absolute atomic E-state index is 0.403. The van der Waals surface area contributed by atoms with Gasteiger partial charge in [-0.3, -0.25) is 0 Å². The number of halogens is 2. The molecule has 16 heavy (non-hydrogen) atoms. The Kier molecular flexibility index (Phi) is 4.12. The molecule has 0 bridgehead atoms. The zero-order chi connectivity index (χ0) is 11.5. The summed E-state index contributed by atoms with van der Waals surface area (Å²) in [6.07, 6.45) is 5.04. The minimum atomic E-state index is 0.403. The number of hydrogen-bond donors (Lipinski definition) is 1. The first kappa shape index (κ1) is 12.2. The summed E-state index contributed by atoms with van der Waals surface area (Å²) in [5.74, 6) is 0. The number of rotatable bonds is 4. The second-order valence-electron chi connectivity index (χ2n) is 4.43. The third-order valence-electron chi connectivity index (χ3n) is 3.30. The Morgan fingerprint density at radius 1 is 1.31 bits per heavy atom. The molecule has 1 aliphatic rings. The molecule has 88 valence electrons. The van der Waals surface area contributed by atoms with Crippen LogP contribution in [-0.2, 0) is 0 Å². The van der Waals surface area contributed by atoms with Gasteiger partial charge in [0, 0.05) is 12.1 Å². The van der Waals surface area contributed by atoms with Gasteiger partial charge < -0.3 is 5.32 Å². The summed E-state index contributed by atoms with van der Waals surface area (Å²) in [6, 6.07) is 7.02. The standard InChI is InChI=1S/C13H17Cl2N/c1-2-13(16-10-4-3-5-10)9-6-7-11(14)12(15)8-9/h6-8,10,13,16H,2-5H2,1H3. The molecule has 1 fully saturated rings. The molecule has 1 unspecified atom stereocenters. The molecule has 0 amide bonds. The topological polar surface area (TPSA) is 12.0 Å². The highest BCUT2D eigenvalue weighted by atomic mass is 35.5. The van der Waals surface area contributed by atoms with Crippen LogP contribution in [0.5, 0.6) is 0 Å². The number of nitrogens with one attached hydrogen (secondary N) is 1. The van der Waals surface area contributed by atoms with Crippen molar-refractivity contribution in [3.8, 4) is 0 Å². The van der Waals surface area contributed by atoms with Crippen molar-refractivity contribution in [1.82, 2.24) is 5.32 Å². The zero-order valence-corrected chi connectivity index (χ0v) is 11.0. The summed E-state index contributed by atoms with van der Waals surface area (Å²) >= 11 is 12.0. The molecule has 1 N–H and O–H groups in total. The first-order valence-electron chi connectivity index (χ1n) is 5.91. The monoisotopic (exact) mass is 257 g/mol. The number of hydrogen-bond acceptors (Lipinski definition) is 1. The maximum Gasteiger partial charge on any atom is 0.0595 e. The second kappa shape index (κ2) is 5.39. The summed E-state index contributed by atoms with van der Waals surface area (Å²) in [7, 11) is 0. The Balaban J connectivity index is 2.09. The van der Waals surface area contributed by atoms with Gasteiger partial charge in [-0.2, -0.15) is 0 Å². The normalized spacial score (nSPS) is 18.2. The molecule has 1 nitrogen and oxygen atoms in total. The van der Waals surface area contributed by atoms with Crippen molar-refractivity contribution in [1.29, 1.82) is 0 Å². The van der Waals surface area contributed by atoms with Crippen molar-refractivity contribution < 1.29 is 0 Å². The van der Waals surface area contributed by atoms with E-state index in [4.69, 9.17) is 23.2 Å². The molecule has 0 aromatic heterocycles. The largest absolute Gasteiger partial charge is 0.307 e. The molecule has 1 saturated carbocycles. The van der Waals surface area contributed by atoms with Gasteiger partial charge in [0.25, 0.3) is 0 Å². The van der Waals surface area contributed by atoms with Gasteiger partial charge in [-0.15, -0.1) is 0 Å². The summed E-state index contributed by atoms with van der Waals surface area (Å²) in [5.41, 5.74) is 1.24. The molecule has 3 heteroatoms. The van der Waals surface area contributed by atoms with Gasteiger partial charge in [-0.1, -0.05) is 42.6 Å². The van der Waals surface area contributed by atoms with Crippen molar-refractivity contribution >= 4 is 23.2 Å². The maximum absolute atomic E-state index is 6.04. The van der Waals surface area contributed by atoms with E-state index in [2.05, 4.69) is 18.3 Å². The Bertz CT molecular complexity index is 361. The van der Waals surface area contributed by atoms with E-state index in [1.807, 2.05) is 12.1 Å². The smallest absolute Gasteiger partial charge is 0.0595 e. The van der Waals surface area contributed by atoms with Crippen LogP contribution in [0.15, 0.2) is 18.2 Å². The Morgan fingerprint density at radius 3 is 2.56 bits per heavy atom. The molecule has 1 atom stereocenters. The van der Waals surface area contributed by atoms with Gasteiger partial charge in [0.05, 0.1) is 10.0 Å². The molecule has 0 spiro atoms. The summed E-state index contributed by atoms with van der Waals surface area (Å²) < 4.78 is 0. The molecule has 0 aliphatic heterocycles. The van der Waals surface area contributed by atoms with Gasteiger partial charge in [0.1, 0.15) is 0 Å². The molecule has 0 heterocycles. The van der Waals surface area contributed by atoms with Gasteiger partial charge in [-0.05, 0) is 37.0 Å². The van der Waals surface area contributed by atoms with Gasteiger partial charge in [0.15, 0.2) is 0 Å². The first-order valence-corrected chi connectivity index (χ1v) is 6.67. The molecule has 2 rings (SSSR count). The van der Waals surface area contributed by atoms with Crippen LogP contribution in [0.25, 0.3) is 0 Å². The van der Waals surface area contributed by atoms with E-state index >= 15 is 0 Å². The molecule has 1 aliphatic carbocycles. The van der Waals surface area contributed by atoms with E-state index < -0.39 is 0 Å². The predicted octanol–water partition coefficient (Wildman–Crippen LogP) is 4.59. The van der Waals surface area contributed by atoms with E-state index in [0.29, 0.717) is 22.1 Å². The second-order valence-corrected chi connectivity index (χ2v) is 5.24. The molecule has 1 aromatic carbocycles. The van der Waals surface area contributed by atoms with Gasteiger partial charge in [-0.25, -0.2) is 0 Å². The lowest BCUT2D eigenvalue weighted by molar-refractivity contribution is 0.302. The SMILES string of the molecule is CCC(NC1CCC1)c1ccc(Cl)c(Cl)c1. The Labute approximate surface area is 107 Å². The van der Waals surface area contributed by atoms with Crippen molar-refractivity contribution in [2.24, 2.45) is 0 Å². The average Bonchev–Trinajstić information content (AvgIpc) is 2.21. The van der Waals surface area contributed by atoms with Crippen LogP contribution in [0.3, 0.4) is 0 Å². The third-order valence-corrected chi connectivity index (χ3v) is 4.04. The highest BCUT2D eigenvalue weighted by molar-refractivity contribution is 6.42. The van der Waals surface area contributed by atoms with E-state index in [9.17, 15) is 0 Å². The van der Waals surface area contributed by atoms with Crippen LogP contribution in [0.2, 0.25) is 10.0 Å². The lowest BCUT2D eigenvalue weighted by Crippen LogP contribution is -2.37. The fraction of sp³-hybridized carbons (Fsp3) is 0.538. The number of benzene rings is 1. The quantitative estimate of drug-likeness (QED) is 0.833. The maximum atomic E-state index is 6.04. The first-order chi connectivity index (χ1) is 7.70. The third kappa shape index (κ3) is 2.71. The van der Waals surface area contributed by atoms with E-state index in [0.717, 1.165) is 6.42 Å². The predicted molar refractivity (Wildman–Crippen MR) is 70.3 cm³/mol. The highest BCUT2D eigenvalue weighted by Gasteiger charge is 2.21. The van der Waals surface area contributed by atoms with Crippen LogP contribution in [0.1, 0.15) is 44.2 Å². The molecule has 0 radical (unpaired) electrons. The van der Waals surface area contributed by atoms with Crippen LogP contribution >= 0.6 is 23.2 Å². The van der Waals surface area contributed by atoms with E-state index in [-0.39, 0.29) is 0 Å². The average molecular weight is 258 g/mol. The van der Waals surface area contributed by atoms with Crippen LogP contribution in [0, 0.1) is 0 Å². The van der Waals surface area contributed by atoms with Crippen molar-refractivity contribution in [2.45, 2.75) is 44.7 Å². The lowest BCUT2D eigenvalue weighted by atomic mass is 9.91. The van der Waals surface area contributed by atoms with Crippen molar-refractivity contribution in [3.63, 3.8) is 0 Å². The molecular formula is C13H17Cl2N. The molecular weight excluding hydrogens is 241 g/mol. The van der Waals surface area contributed by atoms with Crippen LogP contribution < -0.4 is 5.32 Å². The lowest BCUT2D eigenvalue weighted by Gasteiger charge is -2.31. The highest BCUT2D eigenvalue weighted by Crippen LogP contribution is 2.29. The molecule has 1 aromatic rings. The minimum Gasteiger partial charge on any atom is -0.307 e. The van der Waals surface area contributed by atoms with Crippen molar-refractivity contribution in [2.75, 3.05) is 0 Å². The van der Waals surface area contributed by atoms with Gasteiger partial charge >= 0.3 is 0 Å². The fourth-order valence-corrected chi connectivity index (χ4v) is 2.34. The molecule has 0 saturated heterocycles. The fourth-order valence-electron chi connectivity index (χ4n) is 2.04. The van der Waals surface area contributed by atoms with Gasteiger partial charge in [0.2, 0.25) is 0 Å². The zero-order valence-electron chi connectivity index (χ0n) is 9.47. The Morgan fingerprint density at radius 2 is 2.06 bits per heavy atom. The van der Waals surface area contributed by atoms with Crippen LogP contribution in [0.4, 0.5) is 0 Å².